The summed E-state index contributed by atoms with van der Waals surface area (Å²) in [4.78, 5) is 10.8. The van der Waals surface area contributed by atoms with Crippen LogP contribution in [0, 0.1) is 0 Å². The summed E-state index contributed by atoms with van der Waals surface area (Å²) in [6.07, 6.45) is 0. The molecule has 10 aromatic carbocycles. The average Bonchev–Trinajstić information content (AvgIpc) is 3.83. The standard InChI is InChI=1S/C63H43N3/c1-63(2)54-32-17-31-51(60(54)53-37-41-21-9-10-22-42(41)38-55(53)63)57-39-56(64-62(65-57)40-19-5-3-6-20-40)49-36-35-48(44-25-11-13-27-46(44)49)45-26-12-14-28-47(45)50-30-18-34-59-61(50)52-29-15-16-33-58(52)66(59)43-23-7-4-8-24-43/h3-39H,1-2H3. The Kier molecular flexibility index (Phi) is 8.56. The fourth-order valence-electron chi connectivity index (χ4n) is 10.9. The zero-order valence-corrected chi connectivity index (χ0v) is 36.7. The van der Waals surface area contributed by atoms with E-state index in [-0.39, 0.29) is 5.41 Å². The van der Waals surface area contributed by atoms with E-state index >= 15 is 0 Å². The van der Waals surface area contributed by atoms with Crippen LogP contribution in [0.25, 0.3) is 116 Å². The van der Waals surface area contributed by atoms with E-state index in [1.165, 1.54) is 82.5 Å². The summed E-state index contributed by atoms with van der Waals surface area (Å²) in [5.74, 6) is 0.706. The van der Waals surface area contributed by atoms with Gasteiger partial charge in [0, 0.05) is 38.6 Å². The van der Waals surface area contributed by atoms with Gasteiger partial charge in [0.25, 0.3) is 0 Å². The van der Waals surface area contributed by atoms with Crippen molar-refractivity contribution < 1.29 is 0 Å². The van der Waals surface area contributed by atoms with Gasteiger partial charge in [0.05, 0.1) is 22.4 Å². The first-order valence-corrected chi connectivity index (χ1v) is 22.8. The molecule has 0 saturated heterocycles. The van der Waals surface area contributed by atoms with Crippen LogP contribution in [0.2, 0.25) is 0 Å². The van der Waals surface area contributed by atoms with Crippen LogP contribution in [0.15, 0.2) is 224 Å². The van der Waals surface area contributed by atoms with Gasteiger partial charge >= 0.3 is 0 Å². The number of benzene rings is 10. The monoisotopic (exact) mass is 841 g/mol. The molecule has 0 spiro atoms. The summed E-state index contributed by atoms with van der Waals surface area (Å²) in [5.41, 5.74) is 18.3. The molecule has 310 valence electrons. The Morgan fingerprint density at radius 1 is 0.364 bits per heavy atom. The molecular weight excluding hydrogens is 799 g/mol. The molecule has 0 radical (unpaired) electrons. The van der Waals surface area contributed by atoms with E-state index in [1.807, 2.05) is 6.07 Å². The molecular formula is C63H43N3. The van der Waals surface area contributed by atoms with Crippen LogP contribution in [-0.2, 0) is 5.41 Å². The van der Waals surface area contributed by atoms with Crippen LogP contribution in [0.5, 0.6) is 0 Å². The van der Waals surface area contributed by atoms with E-state index in [1.54, 1.807) is 0 Å². The largest absolute Gasteiger partial charge is 0.309 e. The lowest BCUT2D eigenvalue weighted by Gasteiger charge is -2.22. The van der Waals surface area contributed by atoms with E-state index in [4.69, 9.17) is 9.97 Å². The first-order valence-electron chi connectivity index (χ1n) is 22.8. The number of nitrogens with zero attached hydrogens (tertiary/aromatic N) is 3. The molecule has 2 heterocycles. The SMILES string of the molecule is CC1(C)c2cc3ccccc3cc2-c2c(-c3cc(-c4ccc(-c5ccccc5-c5cccc6c5c5ccccc5n6-c5ccccc5)c5ccccc45)nc(-c4ccccc4)n3)cccc21. The van der Waals surface area contributed by atoms with E-state index in [9.17, 15) is 0 Å². The molecule has 2 aromatic heterocycles. The van der Waals surface area contributed by atoms with Crippen molar-refractivity contribution in [1.29, 1.82) is 0 Å². The minimum absolute atomic E-state index is 0.171. The van der Waals surface area contributed by atoms with Crippen LogP contribution in [0.3, 0.4) is 0 Å². The number of para-hydroxylation sites is 2. The van der Waals surface area contributed by atoms with Crippen molar-refractivity contribution in [2.45, 2.75) is 19.3 Å². The lowest BCUT2D eigenvalue weighted by atomic mass is 9.81. The summed E-state index contributed by atoms with van der Waals surface area (Å²) < 4.78 is 2.39. The maximum Gasteiger partial charge on any atom is 0.160 e. The van der Waals surface area contributed by atoms with Gasteiger partial charge in [0.15, 0.2) is 5.82 Å². The van der Waals surface area contributed by atoms with Gasteiger partial charge in [0.2, 0.25) is 0 Å². The molecule has 3 heteroatoms. The van der Waals surface area contributed by atoms with Gasteiger partial charge in [-0.2, -0.15) is 0 Å². The molecule has 0 amide bonds. The van der Waals surface area contributed by atoms with Crippen molar-refractivity contribution in [2.24, 2.45) is 0 Å². The second-order valence-corrected chi connectivity index (χ2v) is 18.1. The third-order valence-electron chi connectivity index (χ3n) is 14.0. The molecule has 0 N–H and O–H groups in total. The van der Waals surface area contributed by atoms with E-state index in [0.29, 0.717) is 5.82 Å². The van der Waals surface area contributed by atoms with Gasteiger partial charge in [0.1, 0.15) is 0 Å². The van der Waals surface area contributed by atoms with Crippen LogP contribution in [0.1, 0.15) is 25.0 Å². The predicted molar refractivity (Wildman–Crippen MR) is 276 cm³/mol. The van der Waals surface area contributed by atoms with Gasteiger partial charge in [-0.3, -0.25) is 0 Å². The fraction of sp³-hybridized carbons (Fsp3) is 0.0476. The average molecular weight is 842 g/mol. The normalized spacial score (nSPS) is 12.8. The highest BCUT2D eigenvalue weighted by Crippen LogP contribution is 2.53. The van der Waals surface area contributed by atoms with Crippen LogP contribution in [-0.4, -0.2) is 14.5 Å². The predicted octanol–water partition coefficient (Wildman–Crippen LogP) is 16.5. The van der Waals surface area contributed by atoms with Crippen LogP contribution < -0.4 is 0 Å². The van der Waals surface area contributed by atoms with Gasteiger partial charge in [-0.15, -0.1) is 0 Å². The molecule has 1 aliphatic rings. The molecule has 0 fully saturated rings. The number of aromatic nitrogens is 3. The molecule has 0 unspecified atom stereocenters. The number of hydrogen-bond acceptors (Lipinski definition) is 2. The number of hydrogen-bond donors (Lipinski definition) is 0. The van der Waals surface area contributed by atoms with Crippen molar-refractivity contribution in [1.82, 2.24) is 14.5 Å². The maximum absolute atomic E-state index is 5.40. The fourth-order valence-corrected chi connectivity index (χ4v) is 10.9. The van der Waals surface area contributed by atoms with E-state index < -0.39 is 0 Å². The van der Waals surface area contributed by atoms with Crippen molar-refractivity contribution in [3.63, 3.8) is 0 Å². The highest BCUT2D eigenvalue weighted by molar-refractivity contribution is 6.17. The highest BCUT2D eigenvalue weighted by Gasteiger charge is 2.37. The second-order valence-electron chi connectivity index (χ2n) is 18.1. The van der Waals surface area contributed by atoms with Gasteiger partial charge in [-0.1, -0.05) is 196 Å². The van der Waals surface area contributed by atoms with Gasteiger partial charge in [-0.25, -0.2) is 9.97 Å². The third-order valence-corrected chi connectivity index (χ3v) is 14.0. The molecule has 1 aliphatic carbocycles. The second kappa shape index (κ2) is 14.8. The van der Waals surface area contributed by atoms with E-state index in [2.05, 4.69) is 237 Å². The minimum Gasteiger partial charge on any atom is -0.309 e. The summed E-state index contributed by atoms with van der Waals surface area (Å²) in [5, 5.41) is 7.31. The van der Waals surface area contributed by atoms with Crippen molar-refractivity contribution >= 4 is 43.4 Å². The molecule has 0 bridgehead atoms. The number of fused-ring (bicyclic) bond motifs is 8. The smallest absolute Gasteiger partial charge is 0.160 e. The Bertz CT molecular complexity index is 3900. The molecule has 3 nitrogen and oxygen atoms in total. The summed E-state index contributed by atoms with van der Waals surface area (Å²) >= 11 is 0. The summed E-state index contributed by atoms with van der Waals surface area (Å²) in [6, 6.07) is 81.4. The first-order chi connectivity index (χ1) is 32.5. The van der Waals surface area contributed by atoms with Crippen LogP contribution >= 0.6 is 0 Å². The molecule has 0 saturated carbocycles. The minimum atomic E-state index is -0.171. The highest BCUT2D eigenvalue weighted by atomic mass is 15.0. The number of rotatable bonds is 6. The Hall–Kier alpha value is -8.40. The summed E-state index contributed by atoms with van der Waals surface area (Å²) in [6.45, 7) is 4.71. The van der Waals surface area contributed by atoms with Crippen LogP contribution in [0.4, 0.5) is 0 Å². The van der Waals surface area contributed by atoms with Gasteiger partial charge in [-0.05, 0) is 109 Å². The zero-order valence-electron chi connectivity index (χ0n) is 36.7. The molecule has 13 rings (SSSR count). The molecule has 0 atom stereocenters. The molecule has 66 heavy (non-hydrogen) atoms. The zero-order chi connectivity index (χ0) is 43.9. The Morgan fingerprint density at radius 3 is 1.68 bits per heavy atom. The topological polar surface area (TPSA) is 30.7 Å². The lowest BCUT2D eigenvalue weighted by Crippen LogP contribution is -2.14. The maximum atomic E-state index is 5.40. The Morgan fingerprint density at radius 2 is 0.909 bits per heavy atom. The molecule has 0 aliphatic heterocycles. The summed E-state index contributed by atoms with van der Waals surface area (Å²) in [7, 11) is 0. The quantitative estimate of drug-likeness (QED) is 0.167. The lowest BCUT2D eigenvalue weighted by molar-refractivity contribution is 0.661. The van der Waals surface area contributed by atoms with Crippen molar-refractivity contribution in [3.05, 3.63) is 236 Å². The Labute approximate surface area is 384 Å². The van der Waals surface area contributed by atoms with E-state index in [0.717, 1.165) is 39.2 Å². The van der Waals surface area contributed by atoms with Crippen molar-refractivity contribution in [3.8, 4) is 73.0 Å². The van der Waals surface area contributed by atoms with Crippen molar-refractivity contribution in [2.75, 3.05) is 0 Å². The molecule has 12 aromatic rings. The Balaban J connectivity index is 1.01. The first kappa shape index (κ1) is 38.1. The third kappa shape index (κ3) is 5.83. The van der Waals surface area contributed by atoms with Gasteiger partial charge < -0.3 is 4.57 Å².